The van der Waals surface area contributed by atoms with Crippen LogP contribution in [0, 0.1) is 6.92 Å². The highest BCUT2D eigenvalue weighted by molar-refractivity contribution is 5.86. The summed E-state index contributed by atoms with van der Waals surface area (Å²) in [6, 6.07) is 10.1. The Morgan fingerprint density at radius 2 is 2.00 bits per heavy atom. The smallest absolute Gasteiger partial charge is 0.328 e. The summed E-state index contributed by atoms with van der Waals surface area (Å²) < 4.78 is 5.81. The molecule has 0 spiro atoms. The third kappa shape index (κ3) is 3.33. The molecule has 3 rings (SSSR count). The fourth-order valence-electron chi connectivity index (χ4n) is 2.24. The second-order valence-electron chi connectivity index (χ2n) is 5.17. The number of phenolic OH excluding ortho intramolecular Hbond substituents is 1. The van der Waals surface area contributed by atoms with E-state index in [0.29, 0.717) is 22.5 Å². The fourth-order valence-corrected chi connectivity index (χ4v) is 2.24. The Balaban J connectivity index is 1.98. The molecule has 0 atom stereocenters. The third-order valence-electron chi connectivity index (χ3n) is 3.45. The first-order chi connectivity index (χ1) is 11.5. The van der Waals surface area contributed by atoms with E-state index < -0.39 is 5.97 Å². The lowest BCUT2D eigenvalue weighted by Gasteiger charge is -2.09. The molecule has 0 saturated carbocycles. The van der Waals surface area contributed by atoms with Crippen molar-refractivity contribution in [1.29, 1.82) is 0 Å². The monoisotopic (exact) mass is 322 g/mol. The van der Waals surface area contributed by atoms with Gasteiger partial charge in [-0.1, -0.05) is 6.07 Å². The van der Waals surface area contributed by atoms with Gasteiger partial charge in [0.2, 0.25) is 5.88 Å². The number of aliphatic carboxylic acids is 1. The lowest BCUT2D eigenvalue weighted by atomic mass is 10.1. The number of carboxylic acids is 1. The number of nitrogens with zero attached hydrogens (tertiary/aromatic N) is 2. The number of aryl methyl sites for hydroxylation is 1. The van der Waals surface area contributed by atoms with Crippen molar-refractivity contribution in [1.82, 2.24) is 9.97 Å². The lowest BCUT2D eigenvalue weighted by Crippen LogP contribution is -1.93. The van der Waals surface area contributed by atoms with Gasteiger partial charge in [0.1, 0.15) is 17.8 Å². The zero-order chi connectivity index (χ0) is 17.1. The van der Waals surface area contributed by atoms with Crippen molar-refractivity contribution in [3.05, 3.63) is 59.9 Å². The number of phenols is 1. The quantitative estimate of drug-likeness (QED) is 0.714. The van der Waals surface area contributed by atoms with E-state index in [9.17, 15) is 9.90 Å². The first-order valence-corrected chi connectivity index (χ1v) is 7.16. The molecule has 1 aromatic heterocycles. The number of carboxylic acid groups (broad SMARTS) is 1. The molecule has 0 saturated heterocycles. The molecule has 0 aliphatic rings. The molecule has 2 aromatic carbocycles. The molecule has 1 heterocycles. The van der Waals surface area contributed by atoms with Gasteiger partial charge < -0.3 is 14.9 Å². The normalized spacial score (nSPS) is 11.0. The van der Waals surface area contributed by atoms with Gasteiger partial charge in [-0.05, 0) is 54.5 Å². The van der Waals surface area contributed by atoms with Crippen molar-refractivity contribution in [2.24, 2.45) is 0 Å². The highest BCUT2D eigenvalue weighted by Gasteiger charge is 2.08. The van der Waals surface area contributed by atoms with Gasteiger partial charge >= 0.3 is 5.97 Å². The van der Waals surface area contributed by atoms with E-state index in [1.165, 1.54) is 18.5 Å². The maximum atomic E-state index is 10.7. The molecule has 0 aliphatic carbocycles. The third-order valence-corrected chi connectivity index (χ3v) is 3.45. The Hall–Kier alpha value is -3.41. The number of benzene rings is 2. The van der Waals surface area contributed by atoms with Crippen LogP contribution in [0.25, 0.3) is 17.0 Å². The summed E-state index contributed by atoms with van der Waals surface area (Å²) in [4.78, 5) is 18.9. The van der Waals surface area contributed by atoms with Crippen LogP contribution in [0.1, 0.15) is 11.1 Å². The van der Waals surface area contributed by atoms with E-state index in [2.05, 4.69) is 9.97 Å². The summed E-state index contributed by atoms with van der Waals surface area (Å²) in [6.07, 6.45) is 3.97. The number of rotatable bonds is 4. The predicted octanol–water partition coefficient (Wildman–Crippen LogP) is 3.53. The Labute approximate surface area is 137 Å². The first kappa shape index (κ1) is 15.5. The summed E-state index contributed by atoms with van der Waals surface area (Å²) in [7, 11) is 0. The van der Waals surface area contributed by atoms with Crippen LogP contribution >= 0.6 is 0 Å². The van der Waals surface area contributed by atoms with Gasteiger partial charge in [0.15, 0.2) is 0 Å². The highest BCUT2D eigenvalue weighted by Crippen LogP contribution is 2.30. The first-order valence-electron chi connectivity index (χ1n) is 7.16. The molecule has 0 radical (unpaired) electrons. The van der Waals surface area contributed by atoms with Crippen molar-refractivity contribution in [3.8, 4) is 17.4 Å². The zero-order valence-electron chi connectivity index (χ0n) is 12.8. The van der Waals surface area contributed by atoms with Gasteiger partial charge in [0.05, 0.1) is 10.9 Å². The number of fused-ring (bicyclic) bond motifs is 1. The number of aromatic nitrogens is 2. The average Bonchev–Trinajstić information content (AvgIpc) is 2.55. The minimum absolute atomic E-state index is 0.0936. The number of hydrogen-bond donors (Lipinski definition) is 2. The predicted molar refractivity (Wildman–Crippen MR) is 89.1 cm³/mol. The van der Waals surface area contributed by atoms with Gasteiger partial charge in [0, 0.05) is 6.08 Å². The van der Waals surface area contributed by atoms with Crippen LogP contribution in [0.2, 0.25) is 0 Å². The van der Waals surface area contributed by atoms with Crippen molar-refractivity contribution < 1.29 is 19.7 Å². The zero-order valence-corrected chi connectivity index (χ0v) is 12.8. The Kier molecular flexibility index (Phi) is 4.11. The maximum Gasteiger partial charge on any atom is 0.328 e. The van der Waals surface area contributed by atoms with Crippen molar-refractivity contribution in [2.45, 2.75) is 6.92 Å². The molecule has 0 amide bonds. The van der Waals surface area contributed by atoms with E-state index >= 15 is 0 Å². The molecule has 0 aliphatic heterocycles. The van der Waals surface area contributed by atoms with Crippen LogP contribution < -0.4 is 4.74 Å². The van der Waals surface area contributed by atoms with Crippen LogP contribution in [0.15, 0.2) is 48.8 Å². The number of carbonyl (C=O) groups is 1. The highest BCUT2D eigenvalue weighted by atomic mass is 16.5. The molecule has 120 valence electrons. The van der Waals surface area contributed by atoms with Crippen molar-refractivity contribution in [3.63, 3.8) is 0 Å². The molecule has 3 aromatic rings. The van der Waals surface area contributed by atoms with Gasteiger partial charge in [-0.25, -0.2) is 14.8 Å². The standard InChI is InChI=1S/C18H14N2O4/c1-11-2-5-14(8-12(11)3-7-17(22)23)24-18-15-9-13(21)4-6-16(15)19-10-20-18/h2-10,21H,1H3,(H,22,23)/b7-3+. The average molecular weight is 322 g/mol. The molecular weight excluding hydrogens is 308 g/mol. The van der Waals surface area contributed by atoms with Gasteiger partial charge in [-0.3, -0.25) is 0 Å². The Bertz CT molecular complexity index is 951. The molecular formula is C18H14N2O4. The van der Waals surface area contributed by atoms with E-state index in [-0.39, 0.29) is 5.75 Å². The minimum Gasteiger partial charge on any atom is -0.508 e. The second-order valence-corrected chi connectivity index (χ2v) is 5.17. The van der Waals surface area contributed by atoms with Crippen LogP contribution in [-0.2, 0) is 4.79 Å². The van der Waals surface area contributed by atoms with E-state index in [0.717, 1.165) is 17.2 Å². The molecule has 6 nitrogen and oxygen atoms in total. The molecule has 0 unspecified atom stereocenters. The lowest BCUT2D eigenvalue weighted by molar-refractivity contribution is -0.131. The second kappa shape index (κ2) is 6.37. The van der Waals surface area contributed by atoms with Crippen LogP contribution in [0.3, 0.4) is 0 Å². The molecule has 0 fully saturated rings. The van der Waals surface area contributed by atoms with Gasteiger partial charge in [0.25, 0.3) is 0 Å². The van der Waals surface area contributed by atoms with Crippen LogP contribution in [0.5, 0.6) is 17.4 Å². The number of aromatic hydroxyl groups is 1. The summed E-state index contributed by atoms with van der Waals surface area (Å²) >= 11 is 0. The molecule has 0 bridgehead atoms. The fraction of sp³-hybridized carbons (Fsp3) is 0.0556. The summed E-state index contributed by atoms with van der Waals surface area (Å²) in [5.74, 6) is -0.101. The molecule has 2 N–H and O–H groups in total. The maximum absolute atomic E-state index is 10.7. The summed E-state index contributed by atoms with van der Waals surface area (Å²) in [6.45, 7) is 1.88. The van der Waals surface area contributed by atoms with Gasteiger partial charge in [-0.15, -0.1) is 0 Å². The molecule has 6 heteroatoms. The minimum atomic E-state index is -1.02. The Morgan fingerprint density at radius 3 is 2.79 bits per heavy atom. The van der Waals surface area contributed by atoms with Crippen molar-refractivity contribution >= 4 is 22.9 Å². The van der Waals surface area contributed by atoms with E-state index in [4.69, 9.17) is 9.84 Å². The topological polar surface area (TPSA) is 92.5 Å². The SMILES string of the molecule is Cc1ccc(Oc2ncnc3ccc(O)cc23)cc1/C=C/C(=O)O. The Morgan fingerprint density at radius 1 is 1.17 bits per heavy atom. The van der Waals surface area contributed by atoms with Crippen molar-refractivity contribution in [2.75, 3.05) is 0 Å². The van der Waals surface area contributed by atoms with Crippen LogP contribution in [-0.4, -0.2) is 26.2 Å². The van der Waals surface area contributed by atoms with Crippen LogP contribution in [0.4, 0.5) is 0 Å². The number of ether oxygens (including phenoxy) is 1. The summed E-state index contributed by atoms with van der Waals surface area (Å²) in [5.41, 5.74) is 2.30. The van der Waals surface area contributed by atoms with Gasteiger partial charge in [-0.2, -0.15) is 0 Å². The molecule has 24 heavy (non-hydrogen) atoms. The number of hydrogen-bond acceptors (Lipinski definition) is 5. The summed E-state index contributed by atoms with van der Waals surface area (Å²) in [5, 5.41) is 19.0. The van der Waals surface area contributed by atoms with E-state index in [1.807, 2.05) is 13.0 Å². The van der Waals surface area contributed by atoms with E-state index in [1.54, 1.807) is 24.3 Å². The largest absolute Gasteiger partial charge is 0.508 e.